The number of nitrogens with zero attached hydrogens (tertiary/aromatic N) is 1. The maximum absolute atomic E-state index is 6.59. The van der Waals surface area contributed by atoms with Gasteiger partial charge in [-0.05, 0) is 53.4 Å². The van der Waals surface area contributed by atoms with Crippen LogP contribution in [-0.2, 0) is 14.3 Å². The minimum Gasteiger partial charge on any atom is -0.353 e. The van der Waals surface area contributed by atoms with E-state index in [-0.39, 0.29) is 23.5 Å². The van der Waals surface area contributed by atoms with Crippen LogP contribution in [0, 0.1) is 0 Å². The van der Waals surface area contributed by atoms with E-state index in [4.69, 9.17) is 14.3 Å². The summed E-state index contributed by atoms with van der Waals surface area (Å²) in [5.74, 6) is 0. The third-order valence-electron chi connectivity index (χ3n) is 5.78. The molecule has 0 radical (unpaired) electrons. The molecule has 1 fully saturated rings. The SMILES string of the molecule is CCCCCCCCCC(ON1C(C)(C)CCCC1(C)C)C(OC)OC. The first-order valence-corrected chi connectivity index (χ1v) is 10.8. The molecule has 1 rings (SSSR count). The molecule has 4 heteroatoms. The zero-order chi connectivity index (χ0) is 19.6. The molecule has 1 aliphatic heterocycles. The van der Waals surface area contributed by atoms with Crippen LogP contribution in [0.4, 0.5) is 0 Å². The summed E-state index contributed by atoms with van der Waals surface area (Å²) in [6.45, 7) is 11.4. The van der Waals surface area contributed by atoms with Gasteiger partial charge in [0.1, 0.15) is 6.10 Å². The number of unbranched alkanes of at least 4 members (excludes halogenated alkanes) is 6. The lowest BCUT2D eigenvalue weighted by atomic mass is 9.82. The van der Waals surface area contributed by atoms with Crippen LogP contribution < -0.4 is 0 Å². The van der Waals surface area contributed by atoms with E-state index >= 15 is 0 Å². The van der Waals surface area contributed by atoms with Crippen molar-refractivity contribution in [2.45, 2.75) is 129 Å². The van der Waals surface area contributed by atoms with Crippen LogP contribution in [0.1, 0.15) is 105 Å². The van der Waals surface area contributed by atoms with Crippen LogP contribution in [-0.4, -0.2) is 42.8 Å². The van der Waals surface area contributed by atoms with Crippen molar-refractivity contribution in [1.29, 1.82) is 0 Å². The maximum atomic E-state index is 6.59. The monoisotopic (exact) mass is 371 g/mol. The molecule has 0 saturated carbocycles. The highest BCUT2D eigenvalue weighted by Crippen LogP contribution is 2.39. The summed E-state index contributed by atoms with van der Waals surface area (Å²) in [5.41, 5.74) is 0.0678. The van der Waals surface area contributed by atoms with Gasteiger partial charge < -0.3 is 9.47 Å². The highest BCUT2D eigenvalue weighted by molar-refractivity contribution is 4.93. The van der Waals surface area contributed by atoms with Crippen molar-refractivity contribution < 1.29 is 14.3 Å². The molecule has 26 heavy (non-hydrogen) atoms. The minimum atomic E-state index is -0.316. The van der Waals surface area contributed by atoms with Gasteiger partial charge in [0.2, 0.25) is 0 Å². The first-order valence-electron chi connectivity index (χ1n) is 10.8. The van der Waals surface area contributed by atoms with E-state index in [0.29, 0.717) is 0 Å². The first kappa shape index (κ1) is 23.9. The highest BCUT2D eigenvalue weighted by atomic mass is 16.7. The van der Waals surface area contributed by atoms with Gasteiger partial charge in [-0.3, -0.25) is 4.84 Å². The summed E-state index contributed by atoms with van der Waals surface area (Å²) < 4.78 is 11.2. The predicted molar refractivity (Wildman–Crippen MR) is 109 cm³/mol. The Morgan fingerprint density at radius 1 is 0.808 bits per heavy atom. The predicted octanol–water partition coefficient (Wildman–Crippen LogP) is 6.09. The molecule has 0 spiro atoms. The second kappa shape index (κ2) is 11.6. The normalized spacial score (nSPS) is 21.2. The summed E-state index contributed by atoms with van der Waals surface area (Å²) in [5, 5.41) is 2.24. The second-order valence-electron chi connectivity index (χ2n) is 9.17. The number of methoxy groups -OCH3 is 2. The van der Waals surface area contributed by atoms with E-state index in [2.05, 4.69) is 39.7 Å². The van der Waals surface area contributed by atoms with Crippen LogP contribution in [0.25, 0.3) is 0 Å². The fourth-order valence-corrected chi connectivity index (χ4v) is 4.34. The fourth-order valence-electron chi connectivity index (χ4n) is 4.34. The molecular weight excluding hydrogens is 326 g/mol. The van der Waals surface area contributed by atoms with Crippen molar-refractivity contribution in [3.8, 4) is 0 Å². The molecule has 0 aromatic heterocycles. The van der Waals surface area contributed by atoms with E-state index in [1.807, 2.05) is 0 Å². The molecule has 1 unspecified atom stereocenters. The zero-order valence-electron chi connectivity index (χ0n) is 18.6. The number of hydrogen-bond donors (Lipinski definition) is 0. The third-order valence-corrected chi connectivity index (χ3v) is 5.78. The Kier molecular flexibility index (Phi) is 10.7. The van der Waals surface area contributed by atoms with E-state index in [1.54, 1.807) is 14.2 Å². The molecule has 1 atom stereocenters. The largest absolute Gasteiger partial charge is 0.353 e. The average molecular weight is 372 g/mol. The molecule has 0 N–H and O–H groups in total. The van der Waals surface area contributed by atoms with Gasteiger partial charge in [0.15, 0.2) is 6.29 Å². The lowest BCUT2D eigenvalue weighted by Gasteiger charge is -2.52. The number of piperidine rings is 1. The Morgan fingerprint density at radius 3 is 1.81 bits per heavy atom. The number of rotatable bonds is 13. The van der Waals surface area contributed by atoms with E-state index in [0.717, 1.165) is 25.7 Å². The van der Waals surface area contributed by atoms with Crippen LogP contribution in [0.2, 0.25) is 0 Å². The number of hydrogen-bond acceptors (Lipinski definition) is 4. The van der Waals surface area contributed by atoms with Crippen molar-refractivity contribution in [2.75, 3.05) is 14.2 Å². The molecule has 1 saturated heterocycles. The second-order valence-corrected chi connectivity index (χ2v) is 9.17. The van der Waals surface area contributed by atoms with Crippen molar-refractivity contribution in [1.82, 2.24) is 5.06 Å². The molecule has 0 aromatic rings. The smallest absolute Gasteiger partial charge is 0.185 e. The van der Waals surface area contributed by atoms with Gasteiger partial charge in [0, 0.05) is 25.3 Å². The molecular formula is C22H45NO3. The quantitative estimate of drug-likeness (QED) is 0.289. The lowest BCUT2D eigenvalue weighted by Crippen LogP contribution is -2.60. The van der Waals surface area contributed by atoms with Gasteiger partial charge in [-0.25, -0.2) is 0 Å². The summed E-state index contributed by atoms with van der Waals surface area (Å²) >= 11 is 0. The molecule has 1 heterocycles. The summed E-state index contributed by atoms with van der Waals surface area (Å²) in [7, 11) is 3.42. The number of hydroxylamine groups is 2. The Morgan fingerprint density at radius 2 is 1.31 bits per heavy atom. The Bertz CT molecular complexity index is 350. The standard InChI is InChI=1S/C22H45NO3/c1-8-9-10-11-12-13-14-16-19(20(24-6)25-7)26-23-21(2,3)17-15-18-22(23,4)5/h19-20H,8-18H2,1-7H3. The van der Waals surface area contributed by atoms with Gasteiger partial charge in [0.05, 0.1) is 0 Å². The minimum absolute atomic E-state index is 0.0339. The van der Waals surface area contributed by atoms with E-state index in [9.17, 15) is 0 Å². The van der Waals surface area contributed by atoms with E-state index < -0.39 is 0 Å². The molecule has 0 aliphatic carbocycles. The van der Waals surface area contributed by atoms with E-state index in [1.165, 1.54) is 44.9 Å². The average Bonchev–Trinajstić information content (AvgIpc) is 2.57. The molecule has 0 bridgehead atoms. The van der Waals surface area contributed by atoms with Gasteiger partial charge in [-0.15, -0.1) is 0 Å². The Labute approximate surface area is 162 Å². The van der Waals surface area contributed by atoms with Crippen LogP contribution in [0.5, 0.6) is 0 Å². The van der Waals surface area contributed by atoms with Crippen molar-refractivity contribution >= 4 is 0 Å². The van der Waals surface area contributed by atoms with Crippen molar-refractivity contribution in [3.63, 3.8) is 0 Å². The van der Waals surface area contributed by atoms with Gasteiger partial charge in [-0.1, -0.05) is 51.9 Å². The first-order chi connectivity index (χ1) is 12.3. The highest BCUT2D eigenvalue weighted by Gasteiger charge is 2.44. The molecule has 0 amide bonds. The molecule has 1 aliphatic rings. The zero-order valence-corrected chi connectivity index (χ0v) is 18.6. The van der Waals surface area contributed by atoms with Crippen LogP contribution in [0.3, 0.4) is 0 Å². The fraction of sp³-hybridized carbons (Fsp3) is 1.00. The molecule has 0 aromatic carbocycles. The third kappa shape index (κ3) is 7.46. The van der Waals surface area contributed by atoms with Gasteiger partial charge >= 0.3 is 0 Å². The van der Waals surface area contributed by atoms with Gasteiger partial charge in [0.25, 0.3) is 0 Å². The Hall–Kier alpha value is -0.160. The van der Waals surface area contributed by atoms with Gasteiger partial charge in [-0.2, -0.15) is 5.06 Å². The van der Waals surface area contributed by atoms with Crippen LogP contribution in [0.15, 0.2) is 0 Å². The topological polar surface area (TPSA) is 30.9 Å². The van der Waals surface area contributed by atoms with Crippen LogP contribution >= 0.6 is 0 Å². The number of ether oxygens (including phenoxy) is 2. The maximum Gasteiger partial charge on any atom is 0.185 e. The van der Waals surface area contributed by atoms with Crippen molar-refractivity contribution in [3.05, 3.63) is 0 Å². The summed E-state index contributed by atoms with van der Waals surface area (Å²) in [4.78, 5) is 6.59. The molecule has 156 valence electrons. The Balaban J connectivity index is 2.62. The summed E-state index contributed by atoms with van der Waals surface area (Å²) in [6, 6.07) is 0. The summed E-state index contributed by atoms with van der Waals surface area (Å²) in [6.07, 6.45) is 13.3. The van der Waals surface area contributed by atoms with Crippen molar-refractivity contribution in [2.24, 2.45) is 0 Å². The molecule has 4 nitrogen and oxygen atoms in total. The lowest BCUT2D eigenvalue weighted by molar-refractivity contribution is -0.339.